The van der Waals surface area contributed by atoms with Crippen molar-refractivity contribution in [1.82, 2.24) is 19.7 Å². The van der Waals surface area contributed by atoms with E-state index in [4.69, 9.17) is 5.11 Å². The number of amides is 1. The zero-order valence-electron chi connectivity index (χ0n) is 13.4. The number of nitrogens with zero attached hydrogens (tertiary/aromatic N) is 3. The van der Waals surface area contributed by atoms with Crippen molar-refractivity contribution in [3.8, 4) is 0 Å². The quantitative estimate of drug-likeness (QED) is 0.637. The second kappa shape index (κ2) is 7.10. The van der Waals surface area contributed by atoms with Crippen LogP contribution < -0.4 is 10.6 Å². The van der Waals surface area contributed by atoms with Crippen molar-refractivity contribution in [2.24, 2.45) is 0 Å². The molecule has 2 aromatic heterocycles. The van der Waals surface area contributed by atoms with Crippen LogP contribution in [0, 0.1) is 6.92 Å². The Hall–Kier alpha value is -2.93. The fourth-order valence-corrected chi connectivity index (χ4v) is 2.53. The van der Waals surface area contributed by atoms with E-state index in [1.54, 1.807) is 18.5 Å². The van der Waals surface area contributed by atoms with E-state index in [2.05, 4.69) is 20.6 Å². The Labute approximate surface area is 139 Å². The van der Waals surface area contributed by atoms with Crippen LogP contribution in [-0.4, -0.2) is 38.5 Å². The van der Waals surface area contributed by atoms with Gasteiger partial charge in [0.1, 0.15) is 0 Å². The molecular formula is C17H19N5O2. The van der Waals surface area contributed by atoms with Crippen LogP contribution in [0.3, 0.4) is 0 Å². The molecule has 0 saturated carbocycles. The fourth-order valence-electron chi connectivity index (χ4n) is 2.53. The van der Waals surface area contributed by atoms with E-state index in [9.17, 15) is 4.79 Å². The largest absolute Gasteiger partial charge is 0.395 e. The van der Waals surface area contributed by atoms with Gasteiger partial charge in [0, 0.05) is 30.2 Å². The van der Waals surface area contributed by atoms with Gasteiger partial charge in [-0.1, -0.05) is 6.07 Å². The predicted molar refractivity (Wildman–Crippen MR) is 90.9 cm³/mol. The van der Waals surface area contributed by atoms with Crippen LogP contribution in [0.5, 0.6) is 0 Å². The summed E-state index contributed by atoms with van der Waals surface area (Å²) in [5.74, 6) is 0.465. The number of carbonyl (C=O) groups is 1. The second-order valence-corrected chi connectivity index (χ2v) is 5.35. The fraction of sp³-hybridized carbons (Fsp3) is 0.235. The number of aromatic nitrogens is 3. The monoisotopic (exact) mass is 325 g/mol. The summed E-state index contributed by atoms with van der Waals surface area (Å²) in [4.78, 5) is 20.6. The van der Waals surface area contributed by atoms with E-state index in [-0.39, 0.29) is 19.1 Å². The van der Waals surface area contributed by atoms with Crippen molar-refractivity contribution < 1.29 is 9.90 Å². The molecule has 0 aliphatic heterocycles. The Morgan fingerprint density at radius 2 is 2.17 bits per heavy atom. The van der Waals surface area contributed by atoms with Gasteiger partial charge in [-0.15, -0.1) is 0 Å². The molecule has 0 bridgehead atoms. The molecule has 1 amide bonds. The molecule has 24 heavy (non-hydrogen) atoms. The molecule has 7 nitrogen and oxygen atoms in total. The summed E-state index contributed by atoms with van der Waals surface area (Å²) in [5, 5.41) is 14.8. The first-order valence-corrected chi connectivity index (χ1v) is 7.70. The van der Waals surface area contributed by atoms with Gasteiger partial charge in [-0.2, -0.15) is 0 Å². The van der Waals surface area contributed by atoms with Gasteiger partial charge in [-0.3, -0.25) is 9.20 Å². The molecule has 3 aromatic rings. The van der Waals surface area contributed by atoms with Crippen LogP contribution in [0.2, 0.25) is 0 Å². The third-order valence-corrected chi connectivity index (χ3v) is 3.80. The molecule has 0 aliphatic rings. The smallest absolute Gasteiger partial charge is 0.251 e. The van der Waals surface area contributed by atoms with Gasteiger partial charge in [0.05, 0.1) is 25.0 Å². The molecule has 124 valence electrons. The minimum Gasteiger partial charge on any atom is -0.395 e. The van der Waals surface area contributed by atoms with Gasteiger partial charge in [-0.25, -0.2) is 9.97 Å². The number of fused-ring (bicyclic) bond motifs is 1. The molecule has 3 N–H and O–H groups in total. The Morgan fingerprint density at radius 3 is 3.00 bits per heavy atom. The Morgan fingerprint density at radius 1 is 1.29 bits per heavy atom. The number of rotatable bonds is 6. The highest BCUT2D eigenvalue weighted by atomic mass is 16.3. The summed E-state index contributed by atoms with van der Waals surface area (Å²) in [6, 6.07) is 7.39. The number of imidazole rings is 1. The number of anilines is 1. The van der Waals surface area contributed by atoms with E-state index in [1.165, 1.54) is 0 Å². The number of hydrogen-bond donors (Lipinski definition) is 3. The highest BCUT2D eigenvalue weighted by molar-refractivity contribution is 5.97. The van der Waals surface area contributed by atoms with Gasteiger partial charge in [0.15, 0.2) is 0 Å². The third kappa shape index (κ3) is 3.21. The lowest BCUT2D eigenvalue weighted by Gasteiger charge is -2.13. The van der Waals surface area contributed by atoms with E-state index in [1.807, 2.05) is 35.7 Å². The molecule has 3 rings (SSSR count). The SMILES string of the molecule is Cc1c(NCc2cnc3ncccn23)cccc1C(=O)NCCO. The van der Waals surface area contributed by atoms with Crippen LogP contribution >= 0.6 is 0 Å². The first kappa shape index (κ1) is 15.9. The number of carbonyl (C=O) groups excluding carboxylic acids is 1. The number of hydrogen-bond acceptors (Lipinski definition) is 5. The lowest BCUT2D eigenvalue weighted by Crippen LogP contribution is -2.27. The van der Waals surface area contributed by atoms with Crippen LogP contribution in [0.15, 0.2) is 42.9 Å². The number of benzene rings is 1. The molecule has 2 heterocycles. The standard InChI is InChI=1S/C17H19N5O2/c1-12-14(16(24)18-7-9-23)4-2-5-15(12)20-10-13-11-21-17-19-6-3-8-22(13)17/h2-6,8,11,20,23H,7,9-10H2,1H3,(H,18,24). The average molecular weight is 325 g/mol. The molecule has 0 fully saturated rings. The second-order valence-electron chi connectivity index (χ2n) is 5.35. The van der Waals surface area contributed by atoms with Gasteiger partial charge in [0.25, 0.3) is 5.91 Å². The number of aliphatic hydroxyl groups excluding tert-OH is 1. The first-order chi connectivity index (χ1) is 11.7. The number of nitrogens with one attached hydrogen (secondary N) is 2. The molecule has 7 heteroatoms. The van der Waals surface area contributed by atoms with Crippen LogP contribution in [0.25, 0.3) is 5.78 Å². The third-order valence-electron chi connectivity index (χ3n) is 3.80. The lowest BCUT2D eigenvalue weighted by molar-refractivity contribution is 0.0944. The van der Waals surface area contributed by atoms with E-state index < -0.39 is 0 Å². The van der Waals surface area contributed by atoms with Crippen molar-refractivity contribution in [1.29, 1.82) is 0 Å². The summed E-state index contributed by atoms with van der Waals surface area (Å²) in [5.41, 5.74) is 3.31. The molecule has 0 atom stereocenters. The molecule has 0 aliphatic carbocycles. The molecule has 0 spiro atoms. The van der Waals surface area contributed by atoms with Crippen molar-refractivity contribution in [3.63, 3.8) is 0 Å². The summed E-state index contributed by atoms with van der Waals surface area (Å²) in [7, 11) is 0. The summed E-state index contributed by atoms with van der Waals surface area (Å²) < 4.78 is 1.92. The number of aliphatic hydroxyl groups is 1. The minimum absolute atomic E-state index is 0.0783. The van der Waals surface area contributed by atoms with Crippen LogP contribution in [0.4, 0.5) is 5.69 Å². The molecular weight excluding hydrogens is 306 g/mol. The normalized spacial score (nSPS) is 10.8. The predicted octanol–water partition coefficient (Wildman–Crippen LogP) is 1.37. The Balaban J connectivity index is 1.77. The highest BCUT2D eigenvalue weighted by Gasteiger charge is 2.11. The maximum Gasteiger partial charge on any atom is 0.251 e. The maximum atomic E-state index is 12.1. The first-order valence-electron chi connectivity index (χ1n) is 7.70. The molecule has 1 aromatic carbocycles. The Kier molecular flexibility index (Phi) is 4.72. The molecule has 0 radical (unpaired) electrons. The molecule has 0 saturated heterocycles. The van der Waals surface area contributed by atoms with Crippen LogP contribution in [-0.2, 0) is 6.54 Å². The van der Waals surface area contributed by atoms with E-state index in [0.29, 0.717) is 17.9 Å². The van der Waals surface area contributed by atoms with E-state index >= 15 is 0 Å². The zero-order valence-corrected chi connectivity index (χ0v) is 13.4. The maximum absolute atomic E-state index is 12.1. The average Bonchev–Trinajstić information content (AvgIpc) is 3.02. The van der Waals surface area contributed by atoms with E-state index in [0.717, 1.165) is 16.9 Å². The van der Waals surface area contributed by atoms with Gasteiger partial charge >= 0.3 is 0 Å². The van der Waals surface area contributed by atoms with Crippen molar-refractivity contribution >= 4 is 17.4 Å². The molecule has 0 unspecified atom stereocenters. The zero-order chi connectivity index (χ0) is 16.9. The van der Waals surface area contributed by atoms with Gasteiger partial charge in [0.2, 0.25) is 5.78 Å². The summed E-state index contributed by atoms with van der Waals surface area (Å²) in [6.45, 7) is 2.62. The lowest BCUT2D eigenvalue weighted by atomic mass is 10.1. The van der Waals surface area contributed by atoms with Crippen molar-refractivity contribution in [2.75, 3.05) is 18.5 Å². The van der Waals surface area contributed by atoms with Gasteiger partial charge in [-0.05, 0) is 30.7 Å². The van der Waals surface area contributed by atoms with Gasteiger partial charge < -0.3 is 15.7 Å². The van der Waals surface area contributed by atoms with Crippen molar-refractivity contribution in [3.05, 3.63) is 59.7 Å². The van der Waals surface area contributed by atoms with Crippen molar-refractivity contribution in [2.45, 2.75) is 13.5 Å². The highest BCUT2D eigenvalue weighted by Crippen LogP contribution is 2.20. The Bertz CT molecular complexity index is 859. The summed E-state index contributed by atoms with van der Waals surface area (Å²) >= 11 is 0. The topological polar surface area (TPSA) is 91.5 Å². The van der Waals surface area contributed by atoms with Crippen LogP contribution in [0.1, 0.15) is 21.6 Å². The minimum atomic E-state index is -0.191. The summed E-state index contributed by atoms with van der Waals surface area (Å²) in [6.07, 6.45) is 5.40.